The number of halogens is 3. The highest BCUT2D eigenvalue weighted by Gasteiger charge is 2.29. The van der Waals surface area contributed by atoms with Crippen molar-refractivity contribution in [2.45, 2.75) is 19.5 Å². The van der Waals surface area contributed by atoms with Gasteiger partial charge < -0.3 is 9.72 Å². The molecule has 1 aromatic heterocycles. The van der Waals surface area contributed by atoms with Gasteiger partial charge in [-0.05, 0) is 6.92 Å². The topological polar surface area (TPSA) is 72.0 Å². The molecule has 8 heteroatoms. The highest BCUT2D eigenvalue weighted by molar-refractivity contribution is 5.88. The molecule has 0 aromatic carbocycles. The molecular weight excluding hydrogens is 241 g/mol. The lowest BCUT2D eigenvalue weighted by molar-refractivity contribution is -0.128. The first kappa shape index (κ1) is 13.2. The SMILES string of the molecule is CCOC(=O)c1cnc(CC(F)(F)F)[nH]c1=O. The number of nitrogens with one attached hydrogen (secondary N) is 1. The Morgan fingerprint density at radius 1 is 1.53 bits per heavy atom. The molecule has 1 aromatic rings. The Balaban J connectivity index is 2.95. The van der Waals surface area contributed by atoms with E-state index < -0.39 is 35.5 Å². The van der Waals surface area contributed by atoms with Crippen LogP contribution in [0.4, 0.5) is 13.2 Å². The van der Waals surface area contributed by atoms with E-state index in [0.29, 0.717) is 0 Å². The maximum atomic E-state index is 12.0. The molecule has 0 amide bonds. The van der Waals surface area contributed by atoms with E-state index in [9.17, 15) is 22.8 Å². The number of esters is 1. The van der Waals surface area contributed by atoms with Crippen LogP contribution in [0.25, 0.3) is 0 Å². The highest BCUT2D eigenvalue weighted by atomic mass is 19.4. The molecule has 0 aliphatic carbocycles. The molecule has 1 rings (SSSR count). The number of aromatic amines is 1. The Kier molecular flexibility index (Phi) is 3.87. The van der Waals surface area contributed by atoms with Crippen molar-refractivity contribution in [2.75, 3.05) is 6.61 Å². The molecule has 0 saturated carbocycles. The molecule has 94 valence electrons. The van der Waals surface area contributed by atoms with Gasteiger partial charge >= 0.3 is 12.1 Å². The van der Waals surface area contributed by atoms with Crippen LogP contribution in [0.2, 0.25) is 0 Å². The van der Waals surface area contributed by atoms with Crippen LogP contribution in [0.1, 0.15) is 23.1 Å². The van der Waals surface area contributed by atoms with E-state index in [-0.39, 0.29) is 6.61 Å². The van der Waals surface area contributed by atoms with Gasteiger partial charge in [-0.2, -0.15) is 13.2 Å². The molecule has 17 heavy (non-hydrogen) atoms. The summed E-state index contributed by atoms with van der Waals surface area (Å²) in [6, 6.07) is 0. The van der Waals surface area contributed by atoms with Gasteiger partial charge in [-0.15, -0.1) is 0 Å². The summed E-state index contributed by atoms with van der Waals surface area (Å²) in [5, 5.41) is 0. The lowest BCUT2D eigenvalue weighted by Crippen LogP contribution is -2.24. The third kappa shape index (κ3) is 3.89. The minimum atomic E-state index is -4.47. The zero-order chi connectivity index (χ0) is 13.1. The van der Waals surface area contributed by atoms with Crippen LogP contribution in [-0.4, -0.2) is 28.7 Å². The zero-order valence-corrected chi connectivity index (χ0v) is 8.80. The second-order valence-electron chi connectivity index (χ2n) is 3.09. The summed E-state index contributed by atoms with van der Waals surface area (Å²) >= 11 is 0. The van der Waals surface area contributed by atoms with Gasteiger partial charge in [0, 0.05) is 6.20 Å². The molecule has 0 aliphatic heterocycles. The Bertz CT molecular complexity index is 467. The van der Waals surface area contributed by atoms with Crippen molar-refractivity contribution >= 4 is 5.97 Å². The fraction of sp³-hybridized carbons (Fsp3) is 0.444. The highest BCUT2D eigenvalue weighted by Crippen LogP contribution is 2.18. The molecule has 1 heterocycles. The van der Waals surface area contributed by atoms with Crippen LogP contribution < -0.4 is 5.56 Å². The molecule has 0 spiro atoms. The van der Waals surface area contributed by atoms with Crippen LogP contribution in [0.5, 0.6) is 0 Å². The first-order chi connectivity index (χ1) is 7.83. The quantitative estimate of drug-likeness (QED) is 0.814. The second-order valence-corrected chi connectivity index (χ2v) is 3.09. The molecule has 5 nitrogen and oxygen atoms in total. The molecule has 1 N–H and O–H groups in total. The van der Waals surface area contributed by atoms with E-state index in [1.807, 2.05) is 4.98 Å². The third-order valence-electron chi connectivity index (χ3n) is 1.72. The number of hydrogen-bond donors (Lipinski definition) is 1. The van der Waals surface area contributed by atoms with Crippen LogP contribution in [-0.2, 0) is 11.2 Å². The van der Waals surface area contributed by atoms with Crippen LogP contribution in [0.3, 0.4) is 0 Å². The average Bonchev–Trinajstić information content (AvgIpc) is 2.15. The summed E-state index contributed by atoms with van der Waals surface area (Å²) in [5.74, 6) is -1.46. The molecule has 0 unspecified atom stereocenters. The minimum absolute atomic E-state index is 0.0581. The number of carbonyl (C=O) groups is 1. The zero-order valence-electron chi connectivity index (χ0n) is 8.80. The van der Waals surface area contributed by atoms with Crippen LogP contribution >= 0.6 is 0 Å². The van der Waals surface area contributed by atoms with Gasteiger partial charge in [-0.3, -0.25) is 4.79 Å². The Morgan fingerprint density at radius 2 is 2.18 bits per heavy atom. The fourth-order valence-electron chi connectivity index (χ4n) is 1.07. The summed E-state index contributed by atoms with van der Waals surface area (Å²) in [5.41, 5.74) is -1.37. The lowest BCUT2D eigenvalue weighted by Gasteiger charge is -2.05. The summed E-state index contributed by atoms with van der Waals surface area (Å²) in [6.07, 6.45) is -5.05. The molecule has 0 radical (unpaired) electrons. The Labute approximate surface area is 93.6 Å². The minimum Gasteiger partial charge on any atom is -0.462 e. The molecule has 0 saturated heterocycles. The molecule has 0 atom stereocenters. The number of aromatic nitrogens is 2. The number of carbonyl (C=O) groups excluding carboxylic acids is 1. The fourth-order valence-corrected chi connectivity index (χ4v) is 1.07. The number of alkyl halides is 3. The van der Waals surface area contributed by atoms with Crippen molar-refractivity contribution in [3.8, 4) is 0 Å². The van der Waals surface area contributed by atoms with Crippen molar-refractivity contribution in [2.24, 2.45) is 0 Å². The lowest BCUT2D eigenvalue weighted by atomic mass is 10.3. The second kappa shape index (κ2) is 4.98. The number of nitrogens with zero attached hydrogens (tertiary/aromatic N) is 1. The predicted molar refractivity (Wildman–Crippen MR) is 50.6 cm³/mol. The van der Waals surface area contributed by atoms with Crippen molar-refractivity contribution in [1.82, 2.24) is 9.97 Å². The van der Waals surface area contributed by atoms with Crippen molar-refractivity contribution < 1.29 is 22.7 Å². The predicted octanol–water partition coefficient (Wildman–Crippen LogP) is 1.05. The number of H-pyrrole nitrogens is 1. The largest absolute Gasteiger partial charge is 0.462 e. The molecule has 0 aliphatic rings. The third-order valence-corrected chi connectivity index (χ3v) is 1.72. The van der Waals surface area contributed by atoms with Gasteiger partial charge in [0.2, 0.25) is 0 Å². The first-order valence-electron chi connectivity index (χ1n) is 4.65. The van der Waals surface area contributed by atoms with Gasteiger partial charge in [-0.1, -0.05) is 0 Å². The van der Waals surface area contributed by atoms with Crippen molar-refractivity contribution in [1.29, 1.82) is 0 Å². The van der Waals surface area contributed by atoms with Gasteiger partial charge in [0.05, 0.1) is 6.61 Å². The Morgan fingerprint density at radius 3 is 2.65 bits per heavy atom. The van der Waals surface area contributed by atoms with E-state index in [1.54, 1.807) is 0 Å². The number of ether oxygens (including phenoxy) is 1. The van der Waals surface area contributed by atoms with E-state index in [2.05, 4.69) is 9.72 Å². The summed E-state index contributed by atoms with van der Waals surface area (Å²) < 4.78 is 40.5. The van der Waals surface area contributed by atoms with Gasteiger partial charge in [0.1, 0.15) is 17.8 Å². The van der Waals surface area contributed by atoms with Gasteiger partial charge in [-0.25, -0.2) is 9.78 Å². The molecule has 0 bridgehead atoms. The smallest absolute Gasteiger partial charge is 0.396 e. The summed E-state index contributed by atoms with van der Waals surface area (Å²) in [4.78, 5) is 27.7. The van der Waals surface area contributed by atoms with Crippen LogP contribution in [0.15, 0.2) is 11.0 Å². The molecule has 0 fully saturated rings. The number of hydrogen-bond acceptors (Lipinski definition) is 4. The van der Waals surface area contributed by atoms with E-state index in [0.717, 1.165) is 6.20 Å². The monoisotopic (exact) mass is 250 g/mol. The van der Waals surface area contributed by atoms with Crippen LogP contribution in [0, 0.1) is 0 Å². The van der Waals surface area contributed by atoms with E-state index >= 15 is 0 Å². The Hall–Kier alpha value is -1.86. The van der Waals surface area contributed by atoms with E-state index in [4.69, 9.17) is 0 Å². The van der Waals surface area contributed by atoms with E-state index in [1.165, 1.54) is 6.92 Å². The van der Waals surface area contributed by atoms with Crippen molar-refractivity contribution in [3.63, 3.8) is 0 Å². The van der Waals surface area contributed by atoms with Gasteiger partial charge in [0.15, 0.2) is 0 Å². The molecular formula is C9H9F3N2O3. The normalized spacial score (nSPS) is 11.3. The maximum Gasteiger partial charge on any atom is 0.396 e. The summed E-state index contributed by atoms with van der Waals surface area (Å²) in [6.45, 7) is 1.60. The number of rotatable bonds is 3. The first-order valence-corrected chi connectivity index (χ1v) is 4.65. The average molecular weight is 250 g/mol. The summed E-state index contributed by atoms with van der Waals surface area (Å²) in [7, 11) is 0. The van der Waals surface area contributed by atoms with Crippen molar-refractivity contribution in [3.05, 3.63) is 27.9 Å². The standard InChI is InChI=1S/C9H9F3N2O3/c1-2-17-8(16)5-4-13-6(14-7(5)15)3-9(10,11)12/h4H,2-3H2,1H3,(H,13,14,15). The maximum absolute atomic E-state index is 12.0. The van der Waals surface area contributed by atoms with Gasteiger partial charge in [0.25, 0.3) is 5.56 Å².